The minimum Gasteiger partial charge on any atom is -0.508 e. The molecule has 1 heterocycles. The van der Waals surface area contributed by atoms with Crippen LogP contribution in [0.3, 0.4) is 0 Å². The van der Waals surface area contributed by atoms with Crippen LogP contribution in [0.4, 0.5) is 0 Å². The number of aromatic hydroxyl groups is 1. The summed E-state index contributed by atoms with van der Waals surface area (Å²) in [5.74, 6) is 1.23. The molecule has 2 nitrogen and oxygen atoms in total. The molecule has 0 amide bonds. The SMILES string of the molecule is CCC1CCCN(C(CC)c2ccc(O)cc2)C1. The van der Waals surface area contributed by atoms with Crippen LogP contribution in [-0.2, 0) is 0 Å². The van der Waals surface area contributed by atoms with Gasteiger partial charge in [-0.3, -0.25) is 4.90 Å². The van der Waals surface area contributed by atoms with Gasteiger partial charge in [-0.15, -0.1) is 0 Å². The Balaban J connectivity index is 2.10. The summed E-state index contributed by atoms with van der Waals surface area (Å²) >= 11 is 0. The third-order valence-corrected chi connectivity index (χ3v) is 4.23. The number of phenols is 1. The summed E-state index contributed by atoms with van der Waals surface area (Å²) < 4.78 is 0. The average Bonchev–Trinajstić information content (AvgIpc) is 2.42. The molecule has 0 aliphatic carbocycles. The summed E-state index contributed by atoms with van der Waals surface area (Å²) in [6.45, 7) is 7.01. The molecule has 2 rings (SSSR count). The maximum absolute atomic E-state index is 9.39. The van der Waals surface area contributed by atoms with E-state index in [1.165, 1.54) is 37.9 Å². The molecule has 1 aliphatic rings. The van der Waals surface area contributed by atoms with Crippen molar-refractivity contribution < 1.29 is 5.11 Å². The van der Waals surface area contributed by atoms with Gasteiger partial charge in [0, 0.05) is 12.6 Å². The van der Waals surface area contributed by atoms with Crippen LogP contribution < -0.4 is 0 Å². The molecule has 1 aliphatic heterocycles. The molecule has 100 valence electrons. The first-order chi connectivity index (χ1) is 8.74. The molecule has 1 aromatic carbocycles. The Hall–Kier alpha value is -1.02. The summed E-state index contributed by atoms with van der Waals surface area (Å²) in [5.41, 5.74) is 1.34. The molecular formula is C16H25NO. The number of phenolic OH excluding ortho intramolecular Hbond substituents is 1. The lowest BCUT2D eigenvalue weighted by molar-refractivity contribution is 0.118. The standard InChI is InChI=1S/C16H25NO/c1-3-13-6-5-11-17(12-13)16(4-2)14-7-9-15(18)10-8-14/h7-10,13,16,18H,3-6,11-12H2,1-2H3. The van der Waals surface area contributed by atoms with Crippen LogP contribution in [0.5, 0.6) is 5.75 Å². The highest BCUT2D eigenvalue weighted by Gasteiger charge is 2.24. The van der Waals surface area contributed by atoms with Crippen molar-refractivity contribution in [3.63, 3.8) is 0 Å². The van der Waals surface area contributed by atoms with Crippen LogP contribution in [0, 0.1) is 5.92 Å². The molecule has 0 bridgehead atoms. The van der Waals surface area contributed by atoms with E-state index in [0.717, 1.165) is 12.3 Å². The Morgan fingerprint density at radius 3 is 2.61 bits per heavy atom. The number of nitrogens with zero attached hydrogens (tertiary/aromatic N) is 1. The van der Waals surface area contributed by atoms with E-state index < -0.39 is 0 Å². The van der Waals surface area contributed by atoms with Crippen molar-refractivity contribution in [2.45, 2.75) is 45.6 Å². The Kier molecular flexibility index (Phi) is 4.65. The molecule has 2 heteroatoms. The molecule has 0 saturated carbocycles. The topological polar surface area (TPSA) is 23.5 Å². The molecule has 1 aromatic rings. The van der Waals surface area contributed by atoms with Crippen molar-refractivity contribution in [3.8, 4) is 5.75 Å². The van der Waals surface area contributed by atoms with Crippen LogP contribution in [0.2, 0.25) is 0 Å². The second-order valence-corrected chi connectivity index (χ2v) is 5.43. The normalized spacial score (nSPS) is 22.9. The Bertz CT molecular complexity index is 360. The van der Waals surface area contributed by atoms with Gasteiger partial charge in [0.2, 0.25) is 0 Å². The van der Waals surface area contributed by atoms with E-state index >= 15 is 0 Å². The summed E-state index contributed by atoms with van der Waals surface area (Å²) in [5, 5.41) is 9.39. The van der Waals surface area contributed by atoms with Crippen molar-refractivity contribution in [2.75, 3.05) is 13.1 Å². The highest BCUT2D eigenvalue weighted by atomic mass is 16.3. The predicted molar refractivity (Wildman–Crippen MR) is 75.7 cm³/mol. The molecule has 2 atom stereocenters. The Morgan fingerprint density at radius 2 is 2.00 bits per heavy atom. The highest BCUT2D eigenvalue weighted by molar-refractivity contribution is 5.28. The summed E-state index contributed by atoms with van der Waals surface area (Å²) in [6.07, 6.45) is 5.15. The second kappa shape index (κ2) is 6.24. The molecule has 0 aromatic heterocycles. The van der Waals surface area contributed by atoms with Gasteiger partial charge in [0.15, 0.2) is 0 Å². The molecular weight excluding hydrogens is 222 g/mol. The predicted octanol–water partition coefficient (Wildman–Crippen LogP) is 3.97. The fraction of sp³-hybridized carbons (Fsp3) is 0.625. The zero-order chi connectivity index (χ0) is 13.0. The third-order valence-electron chi connectivity index (χ3n) is 4.23. The Labute approximate surface area is 111 Å². The number of benzene rings is 1. The number of hydrogen-bond acceptors (Lipinski definition) is 2. The molecule has 1 N–H and O–H groups in total. The molecule has 1 saturated heterocycles. The zero-order valence-electron chi connectivity index (χ0n) is 11.6. The van der Waals surface area contributed by atoms with E-state index in [2.05, 4.69) is 30.9 Å². The van der Waals surface area contributed by atoms with E-state index in [0.29, 0.717) is 11.8 Å². The van der Waals surface area contributed by atoms with Gasteiger partial charge >= 0.3 is 0 Å². The molecule has 0 radical (unpaired) electrons. The van der Waals surface area contributed by atoms with Gasteiger partial charge in [0.25, 0.3) is 0 Å². The van der Waals surface area contributed by atoms with E-state index in [9.17, 15) is 5.11 Å². The maximum atomic E-state index is 9.39. The van der Waals surface area contributed by atoms with Crippen LogP contribution in [0.15, 0.2) is 24.3 Å². The first-order valence-electron chi connectivity index (χ1n) is 7.27. The monoisotopic (exact) mass is 247 g/mol. The van der Waals surface area contributed by atoms with Gasteiger partial charge in [-0.05, 0) is 49.4 Å². The quantitative estimate of drug-likeness (QED) is 0.870. The number of likely N-dealkylation sites (tertiary alicyclic amines) is 1. The van der Waals surface area contributed by atoms with Gasteiger partial charge in [-0.25, -0.2) is 0 Å². The van der Waals surface area contributed by atoms with E-state index in [4.69, 9.17) is 0 Å². The van der Waals surface area contributed by atoms with Gasteiger partial charge in [-0.1, -0.05) is 32.4 Å². The van der Waals surface area contributed by atoms with Crippen LogP contribution in [-0.4, -0.2) is 23.1 Å². The second-order valence-electron chi connectivity index (χ2n) is 5.43. The van der Waals surface area contributed by atoms with Crippen molar-refractivity contribution in [1.29, 1.82) is 0 Å². The minimum atomic E-state index is 0.360. The first kappa shape index (κ1) is 13.4. The largest absolute Gasteiger partial charge is 0.508 e. The van der Waals surface area contributed by atoms with Gasteiger partial charge < -0.3 is 5.11 Å². The first-order valence-corrected chi connectivity index (χ1v) is 7.27. The molecule has 1 fully saturated rings. The lowest BCUT2D eigenvalue weighted by Gasteiger charge is -2.38. The van der Waals surface area contributed by atoms with Crippen LogP contribution in [0.1, 0.15) is 51.1 Å². The van der Waals surface area contributed by atoms with Gasteiger partial charge in [-0.2, -0.15) is 0 Å². The van der Waals surface area contributed by atoms with Crippen LogP contribution in [0.25, 0.3) is 0 Å². The lowest BCUT2D eigenvalue weighted by atomic mass is 9.92. The summed E-state index contributed by atoms with van der Waals surface area (Å²) in [4.78, 5) is 2.63. The summed E-state index contributed by atoms with van der Waals surface area (Å²) in [7, 11) is 0. The fourth-order valence-electron chi connectivity index (χ4n) is 3.11. The van der Waals surface area contributed by atoms with E-state index in [-0.39, 0.29) is 0 Å². The maximum Gasteiger partial charge on any atom is 0.115 e. The Morgan fingerprint density at radius 1 is 1.28 bits per heavy atom. The average molecular weight is 247 g/mol. The van der Waals surface area contributed by atoms with Gasteiger partial charge in [0.05, 0.1) is 0 Å². The van der Waals surface area contributed by atoms with Crippen molar-refractivity contribution >= 4 is 0 Å². The number of piperidine rings is 1. The number of rotatable bonds is 4. The van der Waals surface area contributed by atoms with E-state index in [1.807, 2.05) is 0 Å². The number of hydrogen-bond donors (Lipinski definition) is 1. The zero-order valence-corrected chi connectivity index (χ0v) is 11.6. The lowest BCUT2D eigenvalue weighted by Crippen LogP contribution is -2.37. The molecule has 18 heavy (non-hydrogen) atoms. The molecule has 2 unspecified atom stereocenters. The van der Waals surface area contributed by atoms with Crippen molar-refractivity contribution in [1.82, 2.24) is 4.90 Å². The minimum absolute atomic E-state index is 0.360. The fourth-order valence-corrected chi connectivity index (χ4v) is 3.11. The molecule has 0 spiro atoms. The smallest absolute Gasteiger partial charge is 0.115 e. The summed E-state index contributed by atoms with van der Waals surface area (Å²) in [6, 6.07) is 8.26. The van der Waals surface area contributed by atoms with Crippen molar-refractivity contribution in [2.24, 2.45) is 5.92 Å². The highest BCUT2D eigenvalue weighted by Crippen LogP contribution is 2.30. The van der Waals surface area contributed by atoms with Crippen LogP contribution >= 0.6 is 0 Å². The van der Waals surface area contributed by atoms with E-state index in [1.54, 1.807) is 12.1 Å². The third kappa shape index (κ3) is 3.05. The van der Waals surface area contributed by atoms with Crippen molar-refractivity contribution in [3.05, 3.63) is 29.8 Å². The van der Waals surface area contributed by atoms with Gasteiger partial charge in [0.1, 0.15) is 5.75 Å².